The quantitative estimate of drug-likeness (QED) is 0.498. The molecule has 0 aromatic heterocycles. The maximum atomic E-state index is 3.00. The maximum Gasteiger partial charge on any atom is 0.0215 e. The first-order valence-corrected chi connectivity index (χ1v) is 9.03. The second kappa shape index (κ2) is 8.15. The zero-order valence-corrected chi connectivity index (χ0v) is 14.8. The summed E-state index contributed by atoms with van der Waals surface area (Å²) in [5, 5.41) is 0. The maximum absolute atomic E-state index is 3.00. The van der Waals surface area contributed by atoms with Crippen LogP contribution in [0.15, 0.2) is 61.7 Å². The van der Waals surface area contributed by atoms with E-state index in [1.54, 1.807) is 11.1 Å². The summed E-state index contributed by atoms with van der Waals surface area (Å²) in [6.45, 7) is 10.6. The number of hydrogen-bond donors (Lipinski definition) is 0. The van der Waals surface area contributed by atoms with Crippen molar-refractivity contribution in [2.45, 2.75) is 57.8 Å². The Morgan fingerprint density at radius 1 is 0.696 bits per heavy atom. The van der Waals surface area contributed by atoms with Gasteiger partial charge in [-0.05, 0) is 35.1 Å². The molecule has 1 aliphatic carbocycles. The highest BCUT2D eigenvalue weighted by Gasteiger charge is 2.41. The molecule has 122 valence electrons. The lowest BCUT2D eigenvalue weighted by Crippen LogP contribution is -2.25. The van der Waals surface area contributed by atoms with Crippen LogP contribution < -0.4 is 0 Å². The van der Waals surface area contributed by atoms with Crippen LogP contribution in [0.2, 0.25) is 0 Å². The van der Waals surface area contributed by atoms with E-state index in [1.165, 1.54) is 49.7 Å². The van der Waals surface area contributed by atoms with Gasteiger partial charge in [0.15, 0.2) is 0 Å². The average Bonchev–Trinajstić information content (AvgIpc) is 2.91. The van der Waals surface area contributed by atoms with E-state index >= 15 is 0 Å². The minimum absolute atomic E-state index is 0.263. The Morgan fingerprint density at radius 2 is 1.09 bits per heavy atom. The van der Waals surface area contributed by atoms with Gasteiger partial charge in [-0.3, -0.25) is 0 Å². The summed E-state index contributed by atoms with van der Waals surface area (Å²) in [6, 6.07) is 18.2. The van der Waals surface area contributed by atoms with Crippen molar-refractivity contribution < 1.29 is 0 Å². The summed E-state index contributed by atoms with van der Waals surface area (Å²) in [5.41, 5.74) is 6.36. The van der Waals surface area contributed by atoms with Crippen molar-refractivity contribution in [2.75, 3.05) is 0 Å². The predicted octanol–water partition coefficient (Wildman–Crippen LogP) is 7.14. The number of hydrogen-bond acceptors (Lipinski definition) is 0. The smallest absolute Gasteiger partial charge is 0.0215 e. The third-order valence-electron chi connectivity index (χ3n) is 5.09. The summed E-state index contributed by atoms with van der Waals surface area (Å²) >= 11 is 0. The van der Waals surface area contributed by atoms with Crippen LogP contribution >= 0.6 is 0 Å². The Balaban J connectivity index is 0.000000924. The highest BCUT2D eigenvalue weighted by molar-refractivity contribution is 5.80. The van der Waals surface area contributed by atoms with Crippen molar-refractivity contribution in [2.24, 2.45) is 0 Å². The normalized spacial score (nSPS) is 13.7. The molecule has 0 atom stereocenters. The Hall–Kier alpha value is -1.82. The van der Waals surface area contributed by atoms with Gasteiger partial charge in [0.2, 0.25) is 0 Å². The third-order valence-corrected chi connectivity index (χ3v) is 5.09. The average molecular weight is 306 g/mol. The van der Waals surface area contributed by atoms with Gasteiger partial charge in [-0.25, -0.2) is 0 Å². The fourth-order valence-electron chi connectivity index (χ4n) is 4.04. The van der Waals surface area contributed by atoms with E-state index < -0.39 is 0 Å². The van der Waals surface area contributed by atoms with Crippen LogP contribution in [0.5, 0.6) is 0 Å². The van der Waals surface area contributed by atoms with Gasteiger partial charge < -0.3 is 0 Å². The molecule has 0 aliphatic heterocycles. The van der Waals surface area contributed by atoms with Crippen LogP contribution in [-0.4, -0.2) is 0 Å². The molecule has 0 saturated carbocycles. The van der Waals surface area contributed by atoms with E-state index in [0.29, 0.717) is 0 Å². The molecular weight excluding hydrogens is 276 g/mol. The SMILES string of the molecule is C=C.CCCCC1(CCCC)c2ccccc2-c2ccccc21. The van der Waals surface area contributed by atoms with Crippen LogP contribution in [0, 0.1) is 0 Å². The Bertz CT molecular complexity index is 568. The highest BCUT2D eigenvalue weighted by Crippen LogP contribution is 2.53. The second-order valence-corrected chi connectivity index (χ2v) is 6.38. The standard InChI is InChI=1S/C21H26.C2H4/c1-3-5-15-21(16-6-4-2)19-13-9-7-11-17(19)18-12-8-10-14-20(18)21;1-2/h7-14H,3-6,15-16H2,1-2H3;1-2H2. The van der Waals surface area contributed by atoms with Crippen molar-refractivity contribution in [3.05, 3.63) is 72.8 Å². The third kappa shape index (κ3) is 3.13. The molecule has 1 aliphatic rings. The highest BCUT2D eigenvalue weighted by atomic mass is 14.4. The molecule has 23 heavy (non-hydrogen) atoms. The van der Waals surface area contributed by atoms with Crippen molar-refractivity contribution in [1.29, 1.82) is 0 Å². The molecular formula is C23H30. The Labute approximate surface area is 142 Å². The van der Waals surface area contributed by atoms with E-state index in [9.17, 15) is 0 Å². The van der Waals surface area contributed by atoms with Crippen LogP contribution in [0.1, 0.15) is 63.5 Å². The molecule has 2 aromatic rings. The first-order chi connectivity index (χ1) is 11.3. The van der Waals surface area contributed by atoms with Crippen molar-refractivity contribution in [3.63, 3.8) is 0 Å². The van der Waals surface area contributed by atoms with Crippen molar-refractivity contribution in [3.8, 4) is 11.1 Å². The number of unbranched alkanes of at least 4 members (excludes halogenated alkanes) is 2. The van der Waals surface area contributed by atoms with Crippen molar-refractivity contribution >= 4 is 0 Å². The van der Waals surface area contributed by atoms with Crippen LogP contribution in [0.4, 0.5) is 0 Å². The number of fused-ring (bicyclic) bond motifs is 3. The first-order valence-electron chi connectivity index (χ1n) is 9.03. The summed E-state index contributed by atoms with van der Waals surface area (Å²) < 4.78 is 0. The van der Waals surface area contributed by atoms with Crippen LogP contribution in [0.25, 0.3) is 11.1 Å². The molecule has 0 unspecified atom stereocenters. The molecule has 0 amide bonds. The van der Waals surface area contributed by atoms with Crippen molar-refractivity contribution in [1.82, 2.24) is 0 Å². The molecule has 0 saturated heterocycles. The molecule has 0 fully saturated rings. The Morgan fingerprint density at radius 3 is 1.48 bits per heavy atom. The molecule has 0 radical (unpaired) electrons. The van der Waals surface area contributed by atoms with Crippen LogP contribution in [-0.2, 0) is 5.41 Å². The first kappa shape index (κ1) is 17.5. The molecule has 3 rings (SSSR count). The van der Waals surface area contributed by atoms with Gasteiger partial charge >= 0.3 is 0 Å². The number of rotatable bonds is 6. The number of benzene rings is 2. The fraction of sp³-hybridized carbons (Fsp3) is 0.391. The zero-order chi connectivity index (χ0) is 16.7. The molecule has 0 N–H and O–H groups in total. The lowest BCUT2D eigenvalue weighted by atomic mass is 9.71. The van der Waals surface area contributed by atoms with Gasteiger partial charge in [0, 0.05) is 5.41 Å². The van der Waals surface area contributed by atoms with E-state index in [0.717, 1.165) is 0 Å². The van der Waals surface area contributed by atoms with Gasteiger partial charge in [0.25, 0.3) is 0 Å². The van der Waals surface area contributed by atoms with Gasteiger partial charge in [-0.1, -0.05) is 88.1 Å². The van der Waals surface area contributed by atoms with Gasteiger partial charge in [0.05, 0.1) is 0 Å². The second-order valence-electron chi connectivity index (χ2n) is 6.38. The molecule has 0 nitrogen and oxygen atoms in total. The summed E-state index contributed by atoms with van der Waals surface area (Å²) in [5.74, 6) is 0. The minimum atomic E-state index is 0.263. The van der Waals surface area contributed by atoms with Gasteiger partial charge in [-0.15, -0.1) is 13.2 Å². The minimum Gasteiger partial charge on any atom is -0.106 e. The predicted molar refractivity (Wildman–Crippen MR) is 103 cm³/mol. The van der Waals surface area contributed by atoms with E-state index in [4.69, 9.17) is 0 Å². The Kier molecular flexibility index (Phi) is 6.21. The molecule has 2 aromatic carbocycles. The largest absolute Gasteiger partial charge is 0.106 e. The molecule has 0 heteroatoms. The molecule has 0 bridgehead atoms. The lowest BCUT2D eigenvalue weighted by molar-refractivity contribution is 0.414. The van der Waals surface area contributed by atoms with Gasteiger partial charge in [-0.2, -0.15) is 0 Å². The van der Waals surface area contributed by atoms with Gasteiger partial charge in [0.1, 0.15) is 0 Å². The monoisotopic (exact) mass is 306 g/mol. The fourth-order valence-corrected chi connectivity index (χ4v) is 4.04. The van der Waals surface area contributed by atoms with E-state index in [-0.39, 0.29) is 5.41 Å². The topological polar surface area (TPSA) is 0 Å². The molecule has 0 spiro atoms. The zero-order valence-electron chi connectivity index (χ0n) is 14.8. The summed E-state index contributed by atoms with van der Waals surface area (Å²) in [6.07, 6.45) is 7.75. The van der Waals surface area contributed by atoms with E-state index in [1.807, 2.05) is 0 Å². The molecule has 0 heterocycles. The summed E-state index contributed by atoms with van der Waals surface area (Å²) in [7, 11) is 0. The summed E-state index contributed by atoms with van der Waals surface area (Å²) in [4.78, 5) is 0. The van der Waals surface area contributed by atoms with Crippen LogP contribution in [0.3, 0.4) is 0 Å². The lowest BCUT2D eigenvalue weighted by Gasteiger charge is -2.32. The van der Waals surface area contributed by atoms with E-state index in [2.05, 4.69) is 75.5 Å².